The van der Waals surface area contributed by atoms with Gasteiger partial charge in [0, 0.05) is 4.90 Å². The molecule has 6 nitrogen and oxygen atoms in total. The number of benzene rings is 2. The lowest BCUT2D eigenvalue weighted by Crippen LogP contribution is -2.30. The van der Waals surface area contributed by atoms with E-state index >= 15 is 0 Å². The van der Waals surface area contributed by atoms with Crippen LogP contribution in [0.25, 0.3) is 5.69 Å². The largest absolute Gasteiger partial charge is 0.456 e. The standard InChI is InChI=1S/C16H12ClN3O3S/c1-24-12-5-3-11(4-6-12)23-14-7-2-10(8-13(14)17)20-16(22)19-15(21)9-18-20/h2-9H,1H3,(H,19,21,22). The molecule has 0 saturated carbocycles. The van der Waals surface area contributed by atoms with E-state index in [1.54, 1.807) is 30.0 Å². The van der Waals surface area contributed by atoms with Gasteiger partial charge in [-0.15, -0.1) is 11.8 Å². The van der Waals surface area contributed by atoms with Crippen molar-refractivity contribution in [3.63, 3.8) is 0 Å². The Morgan fingerprint density at radius 2 is 1.92 bits per heavy atom. The number of halogens is 1. The Balaban J connectivity index is 1.89. The predicted octanol–water partition coefficient (Wildman–Crippen LogP) is 3.09. The molecule has 1 aromatic heterocycles. The molecule has 122 valence electrons. The Morgan fingerprint density at radius 1 is 1.17 bits per heavy atom. The number of nitrogens with zero attached hydrogens (tertiary/aromatic N) is 2. The summed E-state index contributed by atoms with van der Waals surface area (Å²) in [6, 6.07) is 12.4. The van der Waals surface area contributed by atoms with Gasteiger partial charge in [-0.3, -0.25) is 9.78 Å². The van der Waals surface area contributed by atoms with E-state index in [1.807, 2.05) is 30.5 Å². The average Bonchev–Trinajstić information content (AvgIpc) is 2.57. The fourth-order valence-corrected chi connectivity index (χ4v) is 2.63. The number of hydrogen-bond acceptors (Lipinski definition) is 5. The van der Waals surface area contributed by atoms with Crippen molar-refractivity contribution in [1.82, 2.24) is 14.8 Å². The summed E-state index contributed by atoms with van der Waals surface area (Å²) in [5.41, 5.74) is -0.776. The quantitative estimate of drug-likeness (QED) is 0.722. The summed E-state index contributed by atoms with van der Waals surface area (Å²) in [7, 11) is 0. The van der Waals surface area contributed by atoms with Crippen molar-refractivity contribution in [3.8, 4) is 17.2 Å². The highest BCUT2D eigenvalue weighted by Crippen LogP contribution is 2.31. The minimum atomic E-state index is -0.639. The second kappa shape index (κ2) is 6.94. The molecule has 0 fully saturated rings. The van der Waals surface area contributed by atoms with Crippen LogP contribution in [0.3, 0.4) is 0 Å². The summed E-state index contributed by atoms with van der Waals surface area (Å²) in [6.45, 7) is 0. The maximum atomic E-state index is 11.8. The van der Waals surface area contributed by atoms with Crippen molar-refractivity contribution in [3.05, 3.63) is 74.5 Å². The molecular formula is C16H12ClN3O3S. The van der Waals surface area contributed by atoms with Crippen molar-refractivity contribution < 1.29 is 4.74 Å². The van der Waals surface area contributed by atoms with Gasteiger partial charge in [-0.1, -0.05) is 11.6 Å². The summed E-state index contributed by atoms with van der Waals surface area (Å²) in [5.74, 6) is 1.11. The van der Waals surface area contributed by atoms with Crippen LogP contribution in [0.1, 0.15) is 0 Å². The third-order valence-electron chi connectivity index (χ3n) is 3.16. The molecule has 3 rings (SSSR count). The highest BCUT2D eigenvalue weighted by atomic mass is 35.5. The molecule has 0 amide bonds. The Labute approximate surface area is 146 Å². The molecule has 0 unspecified atom stereocenters. The van der Waals surface area contributed by atoms with E-state index in [0.29, 0.717) is 22.2 Å². The Hall–Kier alpha value is -2.51. The van der Waals surface area contributed by atoms with E-state index in [4.69, 9.17) is 16.3 Å². The van der Waals surface area contributed by atoms with Crippen LogP contribution in [0.2, 0.25) is 5.02 Å². The lowest BCUT2D eigenvalue weighted by molar-refractivity contribution is 0.482. The second-order valence-corrected chi connectivity index (χ2v) is 6.03. The molecule has 2 aromatic carbocycles. The minimum absolute atomic E-state index is 0.321. The number of aromatic amines is 1. The first-order valence-corrected chi connectivity index (χ1v) is 8.47. The van der Waals surface area contributed by atoms with Gasteiger partial charge in [0.2, 0.25) is 0 Å². The third kappa shape index (κ3) is 3.52. The van der Waals surface area contributed by atoms with E-state index in [1.165, 1.54) is 0 Å². The van der Waals surface area contributed by atoms with Crippen molar-refractivity contribution in [1.29, 1.82) is 0 Å². The number of hydrogen-bond donors (Lipinski definition) is 1. The van der Waals surface area contributed by atoms with Crippen LogP contribution in [0, 0.1) is 0 Å². The first kappa shape index (κ1) is 16.4. The first-order valence-electron chi connectivity index (χ1n) is 6.87. The summed E-state index contributed by atoms with van der Waals surface area (Å²) >= 11 is 7.87. The average molecular weight is 362 g/mol. The number of ether oxygens (including phenoxy) is 1. The number of aromatic nitrogens is 3. The zero-order chi connectivity index (χ0) is 17.1. The number of nitrogens with one attached hydrogen (secondary N) is 1. The molecule has 3 aromatic rings. The van der Waals surface area contributed by atoms with Gasteiger partial charge in [0.25, 0.3) is 5.56 Å². The normalized spacial score (nSPS) is 10.6. The smallest absolute Gasteiger partial charge is 0.349 e. The first-order chi connectivity index (χ1) is 11.6. The summed E-state index contributed by atoms with van der Waals surface area (Å²) in [4.78, 5) is 26.1. The van der Waals surface area contributed by atoms with Crippen LogP contribution in [-0.4, -0.2) is 21.0 Å². The van der Waals surface area contributed by atoms with Crippen molar-refractivity contribution in [2.24, 2.45) is 0 Å². The fraction of sp³-hybridized carbons (Fsp3) is 0.0625. The van der Waals surface area contributed by atoms with E-state index in [-0.39, 0.29) is 0 Å². The molecule has 0 aliphatic carbocycles. The third-order valence-corrected chi connectivity index (χ3v) is 4.20. The molecule has 24 heavy (non-hydrogen) atoms. The predicted molar refractivity (Wildman–Crippen MR) is 93.8 cm³/mol. The Morgan fingerprint density at radius 3 is 2.54 bits per heavy atom. The molecule has 0 aliphatic rings. The van der Waals surface area contributed by atoms with E-state index in [0.717, 1.165) is 15.8 Å². The van der Waals surface area contributed by atoms with Gasteiger partial charge in [-0.05, 0) is 48.7 Å². The second-order valence-electron chi connectivity index (χ2n) is 4.74. The summed E-state index contributed by atoms with van der Waals surface area (Å²) in [5, 5.41) is 4.10. The van der Waals surface area contributed by atoms with Gasteiger partial charge in [0.05, 0.1) is 10.7 Å². The minimum Gasteiger partial charge on any atom is -0.456 e. The van der Waals surface area contributed by atoms with E-state index < -0.39 is 11.2 Å². The maximum Gasteiger partial charge on any atom is 0.349 e. The Kier molecular flexibility index (Phi) is 4.73. The topological polar surface area (TPSA) is 77.0 Å². The zero-order valence-electron chi connectivity index (χ0n) is 12.5. The number of thioether (sulfide) groups is 1. The molecule has 1 heterocycles. The van der Waals surface area contributed by atoms with Crippen LogP contribution in [-0.2, 0) is 0 Å². The van der Waals surface area contributed by atoms with Crippen LogP contribution < -0.4 is 16.0 Å². The highest BCUT2D eigenvalue weighted by molar-refractivity contribution is 7.98. The van der Waals surface area contributed by atoms with Crippen LogP contribution in [0.4, 0.5) is 0 Å². The number of H-pyrrole nitrogens is 1. The Bertz CT molecular complexity index is 983. The summed E-state index contributed by atoms with van der Waals surface area (Å²) < 4.78 is 6.79. The van der Waals surface area contributed by atoms with E-state index in [2.05, 4.69) is 10.1 Å². The van der Waals surface area contributed by atoms with Crippen LogP contribution >= 0.6 is 23.4 Å². The molecule has 8 heteroatoms. The molecule has 1 N–H and O–H groups in total. The monoisotopic (exact) mass is 361 g/mol. The van der Waals surface area contributed by atoms with Gasteiger partial charge in [0.15, 0.2) is 0 Å². The lowest BCUT2D eigenvalue weighted by atomic mass is 10.3. The molecule has 0 radical (unpaired) electrons. The lowest BCUT2D eigenvalue weighted by Gasteiger charge is -2.10. The summed E-state index contributed by atoms with van der Waals surface area (Å²) in [6.07, 6.45) is 3.02. The van der Waals surface area contributed by atoms with Crippen molar-refractivity contribution in [2.45, 2.75) is 4.90 Å². The van der Waals surface area contributed by atoms with Gasteiger partial charge in [0.1, 0.15) is 17.7 Å². The van der Waals surface area contributed by atoms with Crippen LogP contribution in [0.15, 0.2) is 63.1 Å². The number of rotatable bonds is 4. The van der Waals surface area contributed by atoms with Gasteiger partial charge in [-0.2, -0.15) is 9.78 Å². The van der Waals surface area contributed by atoms with E-state index in [9.17, 15) is 9.59 Å². The molecular weight excluding hydrogens is 350 g/mol. The SMILES string of the molecule is CSc1ccc(Oc2ccc(-n3ncc(=O)[nH]c3=O)cc2Cl)cc1. The maximum absolute atomic E-state index is 11.8. The van der Waals surface area contributed by atoms with Crippen molar-refractivity contribution in [2.75, 3.05) is 6.26 Å². The highest BCUT2D eigenvalue weighted by Gasteiger charge is 2.08. The van der Waals surface area contributed by atoms with Crippen molar-refractivity contribution >= 4 is 23.4 Å². The van der Waals surface area contributed by atoms with Gasteiger partial charge >= 0.3 is 5.69 Å². The molecule has 0 atom stereocenters. The van der Waals surface area contributed by atoms with Crippen LogP contribution in [0.5, 0.6) is 11.5 Å². The fourth-order valence-electron chi connectivity index (χ4n) is 2.01. The zero-order valence-corrected chi connectivity index (χ0v) is 14.1. The molecule has 0 bridgehead atoms. The molecule has 0 aliphatic heterocycles. The molecule has 0 spiro atoms. The van der Waals surface area contributed by atoms with Gasteiger partial charge < -0.3 is 4.74 Å². The van der Waals surface area contributed by atoms with Gasteiger partial charge in [-0.25, -0.2) is 4.79 Å². The molecule has 0 saturated heterocycles.